The van der Waals surface area contributed by atoms with E-state index in [0.29, 0.717) is 13.2 Å². The zero-order valence-electron chi connectivity index (χ0n) is 11.1. The van der Waals surface area contributed by atoms with Crippen LogP contribution in [0.3, 0.4) is 0 Å². The highest BCUT2D eigenvalue weighted by Crippen LogP contribution is 2.26. The summed E-state index contributed by atoms with van der Waals surface area (Å²) < 4.78 is 5.42. The molecule has 1 saturated heterocycles. The van der Waals surface area contributed by atoms with Gasteiger partial charge in [-0.25, -0.2) is 0 Å². The summed E-state index contributed by atoms with van der Waals surface area (Å²) in [6.45, 7) is 2.81. The third-order valence-electron chi connectivity index (χ3n) is 4.13. The fourth-order valence-electron chi connectivity index (χ4n) is 2.99. The van der Waals surface area contributed by atoms with Crippen LogP contribution in [0.5, 0.6) is 0 Å². The Kier molecular flexibility index (Phi) is 3.42. The Hall–Kier alpha value is -1.55. The molecule has 0 saturated carbocycles. The Morgan fingerprint density at radius 2 is 2.32 bits per heavy atom. The van der Waals surface area contributed by atoms with E-state index in [1.807, 2.05) is 17.0 Å². The van der Waals surface area contributed by atoms with Gasteiger partial charge >= 0.3 is 0 Å². The Morgan fingerprint density at radius 1 is 1.42 bits per heavy atom. The SMILES string of the molecule is Nc1cccc2c1CN(C(=O)C1CCCOC1)CC2. The fraction of sp³-hybridized carbons (Fsp3) is 0.533. The number of carbonyl (C=O) groups is 1. The molecule has 2 heterocycles. The number of amides is 1. The minimum atomic E-state index is 0.0419. The molecule has 4 nitrogen and oxygen atoms in total. The van der Waals surface area contributed by atoms with Crippen LogP contribution >= 0.6 is 0 Å². The van der Waals surface area contributed by atoms with Crippen LogP contribution in [0, 0.1) is 5.92 Å². The number of hydrogen-bond acceptors (Lipinski definition) is 3. The predicted molar refractivity (Wildman–Crippen MR) is 73.5 cm³/mol. The average molecular weight is 260 g/mol. The van der Waals surface area contributed by atoms with E-state index in [1.54, 1.807) is 0 Å². The van der Waals surface area contributed by atoms with Gasteiger partial charge in [0, 0.05) is 25.4 Å². The number of anilines is 1. The quantitative estimate of drug-likeness (QED) is 0.780. The van der Waals surface area contributed by atoms with E-state index in [4.69, 9.17) is 10.5 Å². The van der Waals surface area contributed by atoms with Crippen molar-refractivity contribution in [2.75, 3.05) is 25.5 Å². The zero-order valence-corrected chi connectivity index (χ0v) is 11.1. The second-order valence-electron chi connectivity index (χ2n) is 5.41. The second-order valence-corrected chi connectivity index (χ2v) is 5.41. The van der Waals surface area contributed by atoms with Gasteiger partial charge in [0.05, 0.1) is 12.5 Å². The molecule has 1 atom stereocenters. The molecule has 2 aliphatic rings. The average Bonchev–Trinajstić information content (AvgIpc) is 2.47. The van der Waals surface area contributed by atoms with E-state index in [2.05, 4.69) is 6.07 Å². The monoisotopic (exact) mass is 260 g/mol. The molecule has 4 heteroatoms. The van der Waals surface area contributed by atoms with Crippen molar-refractivity contribution < 1.29 is 9.53 Å². The van der Waals surface area contributed by atoms with E-state index in [9.17, 15) is 4.79 Å². The molecule has 2 N–H and O–H groups in total. The molecule has 1 aromatic carbocycles. The molecule has 1 fully saturated rings. The second kappa shape index (κ2) is 5.21. The molecular formula is C15H20N2O2. The maximum Gasteiger partial charge on any atom is 0.228 e. The lowest BCUT2D eigenvalue weighted by Crippen LogP contribution is -2.42. The lowest BCUT2D eigenvalue weighted by molar-refractivity contribution is -0.140. The molecule has 0 spiro atoms. The number of carbonyl (C=O) groups excluding carboxylic acids is 1. The summed E-state index contributed by atoms with van der Waals surface area (Å²) in [5.41, 5.74) is 9.23. The lowest BCUT2D eigenvalue weighted by atomic mass is 9.95. The van der Waals surface area contributed by atoms with E-state index < -0.39 is 0 Å². The van der Waals surface area contributed by atoms with Crippen LogP contribution in [0.15, 0.2) is 18.2 Å². The van der Waals surface area contributed by atoms with Gasteiger partial charge in [0.1, 0.15) is 0 Å². The molecule has 19 heavy (non-hydrogen) atoms. The van der Waals surface area contributed by atoms with Gasteiger partial charge in [0.25, 0.3) is 0 Å². The third-order valence-corrected chi connectivity index (χ3v) is 4.13. The van der Waals surface area contributed by atoms with Crippen LogP contribution in [0.25, 0.3) is 0 Å². The number of nitrogens with two attached hydrogens (primary N) is 1. The highest BCUT2D eigenvalue weighted by Gasteiger charge is 2.29. The standard InChI is InChI=1S/C15H20N2O2/c16-14-5-1-3-11-6-7-17(9-13(11)14)15(18)12-4-2-8-19-10-12/h1,3,5,12H,2,4,6-10,16H2. The van der Waals surface area contributed by atoms with Crippen molar-refractivity contribution in [1.29, 1.82) is 0 Å². The minimum absolute atomic E-state index is 0.0419. The van der Waals surface area contributed by atoms with Crippen molar-refractivity contribution in [2.24, 2.45) is 5.92 Å². The first-order valence-electron chi connectivity index (χ1n) is 6.98. The number of nitrogens with zero attached hydrogens (tertiary/aromatic N) is 1. The first-order chi connectivity index (χ1) is 9.25. The van der Waals surface area contributed by atoms with Gasteiger partial charge in [0.2, 0.25) is 5.91 Å². The maximum atomic E-state index is 12.5. The molecule has 0 radical (unpaired) electrons. The molecule has 0 bridgehead atoms. The van der Waals surface area contributed by atoms with Crippen molar-refractivity contribution in [1.82, 2.24) is 4.90 Å². The molecule has 0 aliphatic carbocycles. The molecule has 1 aromatic rings. The fourth-order valence-corrected chi connectivity index (χ4v) is 2.99. The summed E-state index contributed by atoms with van der Waals surface area (Å²) in [6, 6.07) is 6.01. The maximum absolute atomic E-state index is 12.5. The smallest absolute Gasteiger partial charge is 0.228 e. The Morgan fingerprint density at radius 3 is 3.11 bits per heavy atom. The number of ether oxygens (including phenoxy) is 1. The highest BCUT2D eigenvalue weighted by atomic mass is 16.5. The predicted octanol–water partition coefficient (Wildman–Crippen LogP) is 1.58. The number of nitrogen functional groups attached to an aromatic ring is 1. The number of rotatable bonds is 1. The van der Waals surface area contributed by atoms with Crippen molar-refractivity contribution >= 4 is 11.6 Å². The molecule has 0 aromatic heterocycles. The van der Waals surface area contributed by atoms with Gasteiger partial charge in [-0.15, -0.1) is 0 Å². The van der Waals surface area contributed by atoms with Crippen molar-refractivity contribution in [3.05, 3.63) is 29.3 Å². The normalized spacial score (nSPS) is 22.9. The van der Waals surface area contributed by atoms with E-state index in [-0.39, 0.29) is 11.8 Å². The summed E-state index contributed by atoms with van der Waals surface area (Å²) in [7, 11) is 0. The Labute approximate surface area is 113 Å². The summed E-state index contributed by atoms with van der Waals surface area (Å²) in [4.78, 5) is 14.4. The van der Waals surface area contributed by atoms with E-state index in [1.165, 1.54) is 5.56 Å². The van der Waals surface area contributed by atoms with Crippen molar-refractivity contribution in [3.63, 3.8) is 0 Å². The number of hydrogen-bond donors (Lipinski definition) is 1. The summed E-state index contributed by atoms with van der Waals surface area (Å²) in [6.07, 6.45) is 2.84. The summed E-state index contributed by atoms with van der Waals surface area (Å²) in [5, 5.41) is 0. The molecular weight excluding hydrogens is 240 g/mol. The third kappa shape index (κ3) is 2.45. The van der Waals surface area contributed by atoms with Crippen LogP contribution in [0.4, 0.5) is 5.69 Å². The molecule has 102 valence electrons. The van der Waals surface area contributed by atoms with Crippen LogP contribution in [0.1, 0.15) is 24.0 Å². The van der Waals surface area contributed by atoms with Gasteiger partial charge < -0.3 is 15.4 Å². The van der Waals surface area contributed by atoms with Gasteiger partial charge in [-0.2, -0.15) is 0 Å². The van der Waals surface area contributed by atoms with Crippen LogP contribution in [-0.4, -0.2) is 30.6 Å². The molecule has 1 amide bonds. The molecule has 2 aliphatic heterocycles. The van der Waals surface area contributed by atoms with E-state index >= 15 is 0 Å². The van der Waals surface area contributed by atoms with Crippen LogP contribution in [-0.2, 0) is 22.5 Å². The summed E-state index contributed by atoms with van der Waals surface area (Å²) in [5.74, 6) is 0.272. The number of fused-ring (bicyclic) bond motifs is 1. The molecule has 1 unspecified atom stereocenters. The largest absolute Gasteiger partial charge is 0.398 e. The first-order valence-corrected chi connectivity index (χ1v) is 6.98. The van der Waals surface area contributed by atoms with Gasteiger partial charge in [-0.05, 0) is 36.5 Å². The van der Waals surface area contributed by atoms with Gasteiger partial charge in [-0.1, -0.05) is 12.1 Å². The van der Waals surface area contributed by atoms with Crippen LogP contribution < -0.4 is 5.73 Å². The Balaban J connectivity index is 1.74. The summed E-state index contributed by atoms with van der Waals surface area (Å²) >= 11 is 0. The van der Waals surface area contributed by atoms with Gasteiger partial charge in [-0.3, -0.25) is 4.79 Å². The minimum Gasteiger partial charge on any atom is -0.398 e. The number of benzene rings is 1. The lowest BCUT2D eigenvalue weighted by Gasteiger charge is -2.33. The van der Waals surface area contributed by atoms with Crippen molar-refractivity contribution in [2.45, 2.75) is 25.8 Å². The van der Waals surface area contributed by atoms with Crippen molar-refractivity contribution in [3.8, 4) is 0 Å². The van der Waals surface area contributed by atoms with Crippen LogP contribution in [0.2, 0.25) is 0 Å². The first kappa shape index (κ1) is 12.5. The Bertz CT molecular complexity index is 481. The zero-order chi connectivity index (χ0) is 13.2. The molecule has 3 rings (SSSR count). The van der Waals surface area contributed by atoms with E-state index in [0.717, 1.165) is 43.7 Å². The van der Waals surface area contributed by atoms with Gasteiger partial charge in [0.15, 0.2) is 0 Å². The topological polar surface area (TPSA) is 55.6 Å². The highest BCUT2D eigenvalue weighted by molar-refractivity contribution is 5.79.